The van der Waals surface area contributed by atoms with Crippen LogP contribution in [0.25, 0.3) is 0 Å². The maximum absolute atomic E-state index is 13.3. The standard InChI is InChI=1S/C7H12FNO2/c8-7(6(10)11)3-1-2-5(9)4-7/h5H,1-4,9H2,(H,10,11). The maximum atomic E-state index is 13.3. The van der Waals surface area contributed by atoms with Crippen LogP contribution in [-0.4, -0.2) is 22.8 Å². The number of nitrogens with two attached hydrogens (primary N) is 1. The van der Waals surface area contributed by atoms with Crippen LogP contribution in [0.1, 0.15) is 25.7 Å². The van der Waals surface area contributed by atoms with Gasteiger partial charge in [-0.2, -0.15) is 0 Å². The number of hydrogen-bond acceptors (Lipinski definition) is 2. The van der Waals surface area contributed by atoms with E-state index in [1.165, 1.54) is 0 Å². The van der Waals surface area contributed by atoms with Crippen molar-refractivity contribution in [3.8, 4) is 0 Å². The predicted molar refractivity (Wildman–Crippen MR) is 37.9 cm³/mol. The van der Waals surface area contributed by atoms with Crippen LogP contribution in [0, 0.1) is 0 Å². The third-order valence-corrected chi connectivity index (χ3v) is 2.12. The van der Waals surface area contributed by atoms with Crippen molar-refractivity contribution in [2.75, 3.05) is 0 Å². The SMILES string of the molecule is NC1CCCC(F)(C(=O)O)C1. The topological polar surface area (TPSA) is 63.3 Å². The molecule has 3 N–H and O–H groups in total. The van der Waals surface area contributed by atoms with Gasteiger partial charge in [0.15, 0.2) is 0 Å². The molecule has 0 aliphatic heterocycles. The Morgan fingerprint density at radius 1 is 1.73 bits per heavy atom. The highest BCUT2D eigenvalue weighted by molar-refractivity contribution is 5.77. The van der Waals surface area contributed by atoms with E-state index in [2.05, 4.69) is 0 Å². The lowest BCUT2D eigenvalue weighted by Crippen LogP contribution is -2.43. The van der Waals surface area contributed by atoms with E-state index in [1.54, 1.807) is 0 Å². The average Bonchev–Trinajstić information content (AvgIpc) is 1.86. The predicted octanol–water partition coefficient (Wildman–Crippen LogP) is 0.681. The second-order valence-electron chi connectivity index (χ2n) is 3.13. The van der Waals surface area contributed by atoms with Gasteiger partial charge >= 0.3 is 5.97 Å². The third-order valence-electron chi connectivity index (χ3n) is 2.12. The van der Waals surface area contributed by atoms with Crippen LogP contribution in [0.4, 0.5) is 4.39 Å². The first kappa shape index (κ1) is 8.46. The van der Waals surface area contributed by atoms with Gasteiger partial charge in [0, 0.05) is 12.5 Å². The molecule has 3 nitrogen and oxygen atoms in total. The fourth-order valence-corrected chi connectivity index (χ4v) is 1.46. The van der Waals surface area contributed by atoms with Crippen LogP contribution < -0.4 is 5.73 Å². The number of alkyl halides is 1. The molecule has 0 spiro atoms. The second-order valence-corrected chi connectivity index (χ2v) is 3.13. The van der Waals surface area contributed by atoms with E-state index in [1.807, 2.05) is 0 Å². The Hall–Kier alpha value is -0.640. The first-order valence-electron chi connectivity index (χ1n) is 3.72. The minimum Gasteiger partial charge on any atom is -0.479 e. The van der Waals surface area contributed by atoms with Gasteiger partial charge in [-0.25, -0.2) is 9.18 Å². The molecule has 11 heavy (non-hydrogen) atoms. The van der Waals surface area contributed by atoms with E-state index in [0.29, 0.717) is 6.42 Å². The Morgan fingerprint density at radius 3 is 2.73 bits per heavy atom. The summed E-state index contributed by atoms with van der Waals surface area (Å²) in [4.78, 5) is 10.4. The Balaban J connectivity index is 2.63. The lowest BCUT2D eigenvalue weighted by atomic mass is 9.84. The summed E-state index contributed by atoms with van der Waals surface area (Å²) in [7, 11) is 0. The van der Waals surface area contributed by atoms with Crippen molar-refractivity contribution in [1.29, 1.82) is 0 Å². The normalized spacial score (nSPS) is 38.5. The molecule has 1 aliphatic carbocycles. The van der Waals surface area contributed by atoms with Crippen LogP contribution in [0.3, 0.4) is 0 Å². The summed E-state index contributed by atoms with van der Waals surface area (Å²) in [6.07, 6.45) is 1.38. The van der Waals surface area contributed by atoms with Gasteiger partial charge < -0.3 is 10.8 Å². The van der Waals surface area contributed by atoms with Gasteiger partial charge in [-0.1, -0.05) is 0 Å². The van der Waals surface area contributed by atoms with Crippen LogP contribution in [0.5, 0.6) is 0 Å². The molecule has 0 radical (unpaired) electrons. The summed E-state index contributed by atoms with van der Waals surface area (Å²) in [6, 6.07) is -0.287. The quantitative estimate of drug-likeness (QED) is 0.594. The Kier molecular flexibility index (Phi) is 2.13. The number of rotatable bonds is 1. The highest BCUT2D eigenvalue weighted by Gasteiger charge is 2.42. The van der Waals surface area contributed by atoms with Crippen LogP contribution in [0.15, 0.2) is 0 Å². The number of carboxylic acid groups (broad SMARTS) is 1. The van der Waals surface area contributed by atoms with Crippen LogP contribution in [0.2, 0.25) is 0 Å². The van der Waals surface area contributed by atoms with E-state index in [9.17, 15) is 9.18 Å². The monoisotopic (exact) mass is 161 g/mol. The van der Waals surface area contributed by atoms with Gasteiger partial charge in [0.2, 0.25) is 5.67 Å². The highest BCUT2D eigenvalue weighted by atomic mass is 19.1. The summed E-state index contributed by atoms with van der Waals surface area (Å²) in [6.45, 7) is 0. The lowest BCUT2D eigenvalue weighted by molar-refractivity contribution is -0.153. The van der Waals surface area contributed by atoms with Crippen LogP contribution in [-0.2, 0) is 4.79 Å². The zero-order valence-corrected chi connectivity index (χ0v) is 6.22. The second kappa shape index (κ2) is 2.77. The molecule has 2 unspecified atom stereocenters. The molecule has 4 heteroatoms. The summed E-state index contributed by atoms with van der Waals surface area (Å²) in [5.74, 6) is -1.37. The van der Waals surface area contributed by atoms with Gasteiger partial charge in [-0.3, -0.25) is 0 Å². The van der Waals surface area contributed by atoms with Crippen molar-refractivity contribution in [1.82, 2.24) is 0 Å². The molecular weight excluding hydrogens is 149 g/mol. The van der Waals surface area contributed by atoms with E-state index in [-0.39, 0.29) is 18.9 Å². The molecule has 0 saturated heterocycles. The van der Waals surface area contributed by atoms with Crippen molar-refractivity contribution < 1.29 is 14.3 Å². The molecule has 0 aromatic carbocycles. The van der Waals surface area contributed by atoms with E-state index >= 15 is 0 Å². The number of hydrogen-bond donors (Lipinski definition) is 2. The molecule has 64 valence electrons. The molecule has 1 fully saturated rings. The van der Waals surface area contributed by atoms with Gasteiger partial charge in [-0.15, -0.1) is 0 Å². The molecule has 0 aromatic rings. The van der Waals surface area contributed by atoms with Gasteiger partial charge in [0.1, 0.15) is 0 Å². The smallest absolute Gasteiger partial charge is 0.341 e. The maximum Gasteiger partial charge on any atom is 0.341 e. The highest BCUT2D eigenvalue weighted by Crippen LogP contribution is 2.31. The molecule has 1 saturated carbocycles. The van der Waals surface area contributed by atoms with Crippen molar-refractivity contribution in [2.24, 2.45) is 5.73 Å². The Morgan fingerprint density at radius 2 is 2.36 bits per heavy atom. The van der Waals surface area contributed by atoms with E-state index in [4.69, 9.17) is 10.8 Å². The molecule has 2 atom stereocenters. The van der Waals surface area contributed by atoms with E-state index in [0.717, 1.165) is 6.42 Å². The molecule has 0 bridgehead atoms. The fourth-order valence-electron chi connectivity index (χ4n) is 1.46. The zero-order valence-electron chi connectivity index (χ0n) is 6.22. The Bertz CT molecular complexity index is 174. The summed E-state index contributed by atoms with van der Waals surface area (Å²) in [5.41, 5.74) is 3.39. The van der Waals surface area contributed by atoms with Crippen molar-refractivity contribution in [3.05, 3.63) is 0 Å². The molecule has 0 aromatic heterocycles. The molecule has 1 aliphatic rings. The minimum absolute atomic E-state index is 0.0394. The zero-order chi connectivity index (χ0) is 8.48. The van der Waals surface area contributed by atoms with Crippen molar-refractivity contribution in [3.63, 3.8) is 0 Å². The lowest BCUT2D eigenvalue weighted by Gasteiger charge is -2.29. The first-order chi connectivity index (χ1) is 5.04. The summed E-state index contributed by atoms with van der Waals surface area (Å²) < 4.78 is 13.3. The largest absolute Gasteiger partial charge is 0.479 e. The Labute approximate surface area is 64.4 Å². The van der Waals surface area contributed by atoms with E-state index < -0.39 is 11.6 Å². The molecular formula is C7H12FNO2. The molecule has 1 rings (SSSR count). The first-order valence-corrected chi connectivity index (χ1v) is 3.72. The van der Waals surface area contributed by atoms with Gasteiger partial charge in [0.25, 0.3) is 0 Å². The van der Waals surface area contributed by atoms with Crippen molar-refractivity contribution in [2.45, 2.75) is 37.4 Å². The molecule has 0 heterocycles. The number of aliphatic carboxylic acids is 1. The number of carbonyl (C=O) groups is 1. The summed E-state index contributed by atoms with van der Waals surface area (Å²) in [5, 5.41) is 8.48. The minimum atomic E-state index is -2.06. The van der Waals surface area contributed by atoms with Crippen LogP contribution >= 0.6 is 0 Å². The van der Waals surface area contributed by atoms with Gasteiger partial charge in [-0.05, 0) is 19.3 Å². The van der Waals surface area contributed by atoms with Crippen molar-refractivity contribution >= 4 is 5.97 Å². The fraction of sp³-hybridized carbons (Fsp3) is 0.857. The van der Waals surface area contributed by atoms with Gasteiger partial charge in [0.05, 0.1) is 0 Å². The average molecular weight is 161 g/mol. The number of halogens is 1. The molecule has 0 amide bonds. The summed E-state index contributed by atoms with van der Waals surface area (Å²) >= 11 is 0. The third kappa shape index (κ3) is 1.68. The number of carboxylic acids is 1.